The molecule has 2 aliphatic rings. The smallest absolute Gasteiger partial charge is 0.238 e. The summed E-state index contributed by atoms with van der Waals surface area (Å²) in [5.74, 6) is -0.270. The number of likely N-dealkylation sites (N-methyl/N-ethyl adjacent to an activating group) is 1. The van der Waals surface area contributed by atoms with Gasteiger partial charge in [0.25, 0.3) is 0 Å². The summed E-state index contributed by atoms with van der Waals surface area (Å²) in [6.07, 6.45) is 3.96. The zero-order valence-electron chi connectivity index (χ0n) is 12.5. The molecule has 5 nitrogen and oxygen atoms in total. The van der Waals surface area contributed by atoms with E-state index in [2.05, 4.69) is 22.0 Å². The fraction of sp³-hybridized carbons (Fsp3) is 0.929. The molecule has 2 saturated heterocycles. The number of carbonyl (C=O) groups is 1. The van der Waals surface area contributed by atoms with Crippen LogP contribution in [-0.4, -0.2) is 66.6 Å². The number of hydrogen-bond donors (Lipinski definition) is 2. The Balaban J connectivity index is 2.02. The molecule has 5 heteroatoms. The van der Waals surface area contributed by atoms with Crippen LogP contribution in [-0.2, 0) is 4.79 Å². The minimum Gasteiger partial charge on any atom is -0.368 e. The molecule has 1 amide bonds. The van der Waals surface area contributed by atoms with Crippen LogP contribution in [0.25, 0.3) is 0 Å². The van der Waals surface area contributed by atoms with Gasteiger partial charge in [-0.3, -0.25) is 14.6 Å². The molecule has 0 radical (unpaired) electrons. The van der Waals surface area contributed by atoms with Crippen LogP contribution in [0.4, 0.5) is 0 Å². The Morgan fingerprint density at radius 3 is 2.79 bits per heavy atom. The molecule has 0 saturated carbocycles. The molecular formula is C14H28N4O. The molecule has 0 aliphatic carbocycles. The maximum atomic E-state index is 11.6. The van der Waals surface area contributed by atoms with E-state index >= 15 is 0 Å². The topological polar surface area (TPSA) is 61.6 Å². The molecule has 2 heterocycles. The maximum absolute atomic E-state index is 11.6. The molecule has 2 fully saturated rings. The first-order chi connectivity index (χ1) is 8.96. The largest absolute Gasteiger partial charge is 0.368 e. The summed E-state index contributed by atoms with van der Waals surface area (Å²) in [4.78, 5) is 16.7. The monoisotopic (exact) mass is 268 g/mol. The Morgan fingerprint density at radius 2 is 2.16 bits per heavy atom. The molecular weight excluding hydrogens is 240 g/mol. The summed E-state index contributed by atoms with van der Waals surface area (Å²) < 4.78 is 0. The highest BCUT2D eigenvalue weighted by Crippen LogP contribution is 2.25. The highest BCUT2D eigenvalue weighted by Gasteiger charge is 2.38. The summed E-state index contributed by atoms with van der Waals surface area (Å²) in [6.45, 7) is 8.26. The van der Waals surface area contributed by atoms with Crippen LogP contribution in [0.2, 0.25) is 0 Å². The van der Waals surface area contributed by atoms with Gasteiger partial charge in [0, 0.05) is 31.7 Å². The molecule has 0 spiro atoms. The van der Waals surface area contributed by atoms with Gasteiger partial charge in [-0.15, -0.1) is 0 Å². The van der Waals surface area contributed by atoms with Gasteiger partial charge in [-0.2, -0.15) is 0 Å². The first kappa shape index (κ1) is 14.8. The molecule has 0 bridgehead atoms. The number of nitrogens with two attached hydrogens (primary N) is 1. The van der Waals surface area contributed by atoms with Crippen molar-refractivity contribution in [2.75, 3.05) is 33.2 Å². The van der Waals surface area contributed by atoms with Crippen LogP contribution in [0.1, 0.15) is 33.1 Å². The lowest BCUT2D eigenvalue weighted by Crippen LogP contribution is -2.65. The van der Waals surface area contributed by atoms with Crippen LogP contribution in [0.3, 0.4) is 0 Å². The SMILES string of the molecule is CNC(C)(CN1CC2CCCCN2CC1C)C(N)=O. The molecule has 110 valence electrons. The van der Waals surface area contributed by atoms with Crippen molar-refractivity contribution in [3.05, 3.63) is 0 Å². The number of carbonyl (C=O) groups excluding carboxylic acids is 1. The molecule has 2 rings (SSSR count). The van der Waals surface area contributed by atoms with Gasteiger partial charge in [0.2, 0.25) is 5.91 Å². The van der Waals surface area contributed by atoms with E-state index in [1.165, 1.54) is 25.8 Å². The summed E-state index contributed by atoms with van der Waals surface area (Å²) in [7, 11) is 1.81. The quantitative estimate of drug-likeness (QED) is 0.754. The van der Waals surface area contributed by atoms with Crippen molar-refractivity contribution in [3.8, 4) is 0 Å². The predicted molar refractivity (Wildman–Crippen MR) is 76.9 cm³/mol. The molecule has 3 atom stereocenters. The third-order valence-electron chi connectivity index (χ3n) is 4.93. The molecule has 3 N–H and O–H groups in total. The standard InChI is InChI=1S/C14H28N4O/c1-11-8-17-7-5-4-6-12(17)9-18(11)10-14(2,16-3)13(15)19/h11-12,16H,4-10H2,1-3H3,(H2,15,19). The van der Waals surface area contributed by atoms with Crippen LogP contribution in [0.5, 0.6) is 0 Å². The van der Waals surface area contributed by atoms with E-state index in [1.807, 2.05) is 14.0 Å². The Labute approximate surface area is 116 Å². The molecule has 0 aromatic heterocycles. The van der Waals surface area contributed by atoms with Gasteiger partial charge in [-0.05, 0) is 40.3 Å². The number of hydrogen-bond acceptors (Lipinski definition) is 4. The second kappa shape index (κ2) is 5.77. The van der Waals surface area contributed by atoms with E-state index in [1.54, 1.807) is 0 Å². The van der Waals surface area contributed by atoms with Gasteiger partial charge in [0.1, 0.15) is 5.54 Å². The highest BCUT2D eigenvalue weighted by atomic mass is 16.1. The normalized spacial score (nSPS) is 32.6. The van der Waals surface area contributed by atoms with Crippen molar-refractivity contribution in [1.29, 1.82) is 0 Å². The van der Waals surface area contributed by atoms with Gasteiger partial charge >= 0.3 is 0 Å². The van der Waals surface area contributed by atoms with Crippen molar-refractivity contribution in [1.82, 2.24) is 15.1 Å². The van der Waals surface area contributed by atoms with Crippen LogP contribution < -0.4 is 11.1 Å². The third kappa shape index (κ3) is 3.09. The first-order valence-electron chi connectivity index (χ1n) is 7.43. The number of fused-ring (bicyclic) bond motifs is 1. The van der Waals surface area contributed by atoms with E-state index < -0.39 is 5.54 Å². The van der Waals surface area contributed by atoms with Crippen molar-refractivity contribution in [3.63, 3.8) is 0 Å². The molecule has 19 heavy (non-hydrogen) atoms. The number of amides is 1. The zero-order chi connectivity index (χ0) is 14.0. The summed E-state index contributed by atoms with van der Waals surface area (Å²) in [5, 5.41) is 3.09. The highest BCUT2D eigenvalue weighted by molar-refractivity contribution is 5.84. The van der Waals surface area contributed by atoms with Gasteiger partial charge < -0.3 is 11.1 Å². The van der Waals surface area contributed by atoms with E-state index in [9.17, 15) is 4.79 Å². The second-order valence-electron chi connectivity index (χ2n) is 6.37. The van der Waals surface area contributed by atoms with Crippen LogP contribution >= 0.6 is 0 Å². The number of nitrogens with one attached hydrogen (secondary N) is 1. The van der Waals surface area contributed by atoms with E-state index in [-0.39, 0.29) is 5.91 Å². The van der Waals surface area contributed by atoms with Crippen LogP contribution in [0.15, 0.2) is 0 Å². The van der Waals surface area contributed by atoms with E-state index in [0.717, 1.165) is 13.1 Å². The summed E-state index contributed by atoms with van der Waals surface area (Å²) >= 11 is 0. The van der Waals surface area contributed by atoms with E-state index in [4.69, 9.17) is 5.73 Å². The Bertz CT molecular complexity index is 335. The lowest BCUT2D eigenvalue weighted by molar-refractivity contribution is -0.125. The number of primary amides is 1. The molecule has 0 aromatic rings. The average Bonchev–Trinajstić information content (AvgIpc) is 2.39. The van der Waals surface area contributed by atoms with Crippen molar-refractivity contribution < 1.29 is 4.79 Å². The first-order valence-corrected chi connectivity index (χ1v) is 7.43. The average molecular weight is 268 g/mol. The zero-order valence-corrected chi connectivity index (χ0v) is 12.5. The molecule has 0 aromatic carbocycles. The third-order valence-corrected chi connectivity index (χ3v) is 4.93. The number of rotatable bonds is 4. The van der Waals surface area contributed by atoms with Gasteiger partial charge in [-0.1, -0.05) is 6.42 Å². The fourth-order valence-corrected chi connectivity index (χ4v) is 3.32. The summed E-state index contributed by atoms with van der Waals surface area (Å²) in [6, 6.07) is 1.15. The lowest BCUT2D eigenvalue weighted by Gasteiger charge is -2.49. The van der Waals surface area contributed by atoms with E-state index in [0.29, 0.717) is 18.6 Å². The minimum absolute atomic E-state index is 0.270. The second-order valence-corrected chi connectivity index (χ2v) is 6.37. The van der Waals surface area contributed by atoms with Crippen molar-refractivity contribution >= 4 is 5.91 Å². The van der Waals surface area contributed by atoms with Crippen molar-refractivity contribution in [2.45, 2.75) is 50.7 Å². The Hall–Kier alpha value is -0.650. The van der Waals surface area contributed by atoms with Gasteiger partial charge in [-0.25, -0.2) is 0 Å². The number of piperidine rings is 1. The number of piperazine rings is 1. The van der Waals surface area contributed by atoms with Gasteiger partial charge in [0.05, 0.1) is 0 Å². The predicted octanol–water partition coefficient (Wildman–Crippen LogP) is 0.00840. The number of nitrogens with zero attached hydrogens (tertiary/aromatic N) is 2. The molecule has 2 aliphatic heterocycles. The fourth-order valence-electron chi connectivity index (χ4n) is 3.32. The Kier molecular flexibility index (Phi) is 4.48. The van der Waals surface area contributed by atoms with Crippen molar-refractivity contribution in [2.24, 2.45) is 5.73 Å². The minimum atomic E-state index is -0.634. The Morgan fingerprint density at radius 1 is 1.42 bits per heavy atom. The molecule has 3 unspecified atom stereocenters. The van der Waals surface area contributed by atoms with Crippen LogP contribution in [0, 0.1) is 0 Å². The maximum Gasteiger partial charge on any atom is 0.238 e. The van der Waals surface area contributed by atoms with Gasteiger partial charge in [0.15, 0.2) is 0 Å². The lowest BCUT2D eigenvalue weighted by atomic mass is 9.94. The summed E-state index contributed by atoms with van der Waals surface area (Å²) in [5.41, 5.74) is 4.90.